The molecule has 0 amide bonds. The van der Waals surface area contributed by atoms with Gasteiger partial charge in [-0.05, 0) is 61.0 Å². The maximum atomic E-state index is 5.42. The zero-order valence-corrected chi connectivity index (χ0v) is 13.2. The molecule has 0 aromatic heterocycles. The van der Waals surface area contributed by atoms with Crippen molar-refractivity contribution < 1.29 is 9.47 Å². The lowest BCUT2D eigenvalue weighted by Gasteiger charge is -2.17. The van der Waals surface area contributed by atoms with E-state index in [1.165, 1.54) is 24.0 Å². The van der Waals surface area contributed by atoms with Crippen molar-refractivity contribution in [2.24, 2.45) is 5.92 Å². The number of methoxy groups -OCH3 is 2. The Labute approximate surface area is 122 Å². The maximum absolute atomic E-state index is 5.42. The molecule has 0 radical (unpaired) electrons. The van der Waals surface area contributed by atoms with E-state index in [9.17, 15) is 0 Å². The molecule has 1 aromatic carbocycles. The third kappa shape index (κ3) is 3.09. The summed E-state index contributed by atoms with van der Waals surface area (Å²) in [6.45, 7) is 6.78. The normalized spacial score (nSPS) is 20.8. The zero-order valence-electron chi connectivity index (χ0n) is 13.2. The smallest absolute Gasteiger partial charge is 0.161 e. The van der Waals surface area contributed by atoms with Gasteiger partial charge in [0.05, 0.1) is 14.2 Å². The molecule has 0 aliphatic heterocycles. The minimum Gasteiger partial charge on any atom is -0.493 e. The number of benzene rings is 1. The van der Waals surface area contributed by atoms with Crippen molar-refractivity contribution in [3.63, 3.8) is 0 Å². The van der Waals surface area contributed by atoms with Gasteiger partial charge in [0.2, 0.25) is 0 Å². The molecule has 0 saturated heterocycles. The van der Waals surface area contributed by atoms with Gasteiger partial charge in [-0.2, -0.15) is 0 Å². The van der Waals surface area contributed by atoms with Crippen LogP contribution in [0.15, 0.2) is 12.1 Å². The number of hydrogen-bond acceptors (Lipinski definition) is 3. The lowest BCUT2D eigenvalue weighted by atomic mass is 9.94. The number of rotatable bonds is 7. The van der Waals surface area contributed by atoms with Gasteiger partial charge in [0.1, 0.15) is 0 Å². The highest BCUT2D eigenvalue weighted by molar-refractivity contribution is 5.50. The monoisotopic (exact) mass is 277 g/mol. The van der Waals surface area contributed by atoms with Gasteiger partial charge in [-0.25, -0.2) is 0 Å². The molecule has 112 valence electrons. The van der Waals surface area contributed by atoms with Crippen molar-refractivity contribution in [2.45, 2.75) is 39.0 Å². The van der Waals surface area contributed by atoms with Gasteiger partial charge >= 0.3 is 0 Å². The molecule has 0 heterocycles. The minimum absolute atomic E-state index is 0.582. The van der Waals surface area contributed by atoms with Crippen LogP contribution in [0.5, 0.6) is 11.5 Å². The largest absolute Gasteiger partial charge is 0.493 e. The van der Waals surface area contributed by atoms with Gasteiger partial charge in [0.25, 0.3) is 0 Å². The molecule has 20 heavy (non-hydrogen) atoms. The Balaban J connectivity index is 2.06. The summed E-state index contributed by atoms with van der Waals surface area (Å²) in [7, 11) is 3.40. The standard InChI is InChI=1S/C17H27NO2/c1-5-6-7-18-11-14-8-13-9-16(19-3)17(20-4)10-15(13)12(14)2/h9-10,12,14,18H,5-8,11H2,1-4H3/t12-,14-/m0/s1. The molecule has 1 aromatic rings. The molecule has 1 N–H and O–H groups in total. The Bertz CT molecular complexity index is 445. The number of hydrogen-bond donors (Lipinski definition) is 1. The second-order valence-corrected chi connectivity index (χ2v) is 5.72. The third-order valence-corrected chi connectivity index (χ3v) is 4.44. The minimum atomic E-state index is 0.582. The highest BCUT2D eigenvalue weighted by Gasteiger charge is 2.30. The predicted octanol–water partition coefficient (Wildman–Crippen LogP) is 3.37. The van der Waals surface area contributed by atoms with E-state index in [1.54, 1.807) is 14.2 Å². The molecule has 0 unspecified atom stereocenters. The van der Waals surface area contributed by atoms with Crippen molar-refractivity contribution in [1.29, 1.82) is 0 Å². The van der Waals surface area contributed by atoms with Crippen LogP contribution in [0.1, 0.15) is 43.7 Å². The van der Waals surface area contributed by atoms with Crippen LogP contribution in [0, 0.1) is 5.92 Å². The van der Waals surface area contributed by atoms with E-state index in [0.29, 0.717) is 11.8 Å². The van der Waals surface area contributed by atoms with Gasteiger partial charge in [0.15, 0.2) is 11.5 Å². The van der Waals surface area contributed by atoms with Crippen LogP contribution in [-0.4, -0.2) is 27.3 Å². The van der Waals surface area contributed by atoms with Crippen molar-refractivity contribution in [2.75, 3.05) is 27.3 Å². The maximum Gasteiger partial charge on any atom is 0.161 e. The lowest BCUT2D eigenvalue weighted by molar-refractivity contribution is 0.354. The molecule has 0 saturated carbocycles. The number of fused-ring (bicyclic) bond motifs is 1. The molecule has 3 heteroatoms. The van der Waals surface area contributed by atoms with E-state index in [-0.39, 0.29) is 0 Å². The molecule has 0 fully saturated rings. The van der Waals surface area contributed by atoms with Crippen molar-refractivity contribution >= 4 is 0 Å². The second kappa shape index (κ2) is 6.98. The summed E-state index contributed by atoms with van der Waals surface area (Å²) in [5, 5.41) is 3.59. The Morgan fingerprint density at radius 3 is 2.55 bits per heavy atom. The Morgan fingerprint density at radius 1 is 1.20 bits per heavy atom. The van der Waals surface area contributed by atoms with E-state index in [2.05, 4.69) is 31.3 Å². The van der Waals surface area contributed by atoms with Crippen LogP contribution >= 0.6 is 0 Å². The van der Waals surface area contributed by atoms with Gasteiger partial charge < -0.3 is 14.8 Å². The first-order valence-electron chi connectivity index (χ1n) is 7.66. The fourth-order valence-electron chi connectivity index (χ4n) is 3.09. The summed E-state index contributed by atoms with van der Waals surface area (Å²) in [5.41, 5.74) is 2.84. The topological polar surface area (TPSA) is 30.5 Å². The number of unbranched alkanes of at least 4 members (excludes halogenated alkanes) is 1. The average molecular weight is 277 g/mol. The molecular weight excluding hydrogens is 250 g/mol. The number of nitrogens with one attached hydrogen (secondary N) is 1. The first-order chi connectivity index (χ1) is 9.71. The highest BCUT2D eigenvalue weighted by atomic mass is 16.5. The zero-order chi connectivity index (χ0) is 14.5. The van der Waals surface area contributed by atoms with Crippen LogP contribution in [0.4, 0.5) is 0 Å². The Hall–Kier alpha value is -1.22. The number of ether oxygens (including phenoxy) is 2. The predicted molar refractivity (Wildman–Crippen MR) is 82.9 cm³/mol. The fraction of sp³-hybridized carbons (Fsp3) is 0.647. The van der Waals surface area contributed by atoms with Crippen molar-refractivity contribution in [3.8, 4) is 11.5 Å². The van der Waals surface area contributed by atoms with Gasteiger partial charge in [-0.3, -0.25) is 0 Å². The molecule has 3 nitrogen and oxygen atoms in total. The second-order valence-electron chi connectivity index (χ2n) is 5.72. The van der Waals surface area contributed by atoms with E-state index in [1.807, 2.05) is 0 Å². The van der Waals surface area contributed by atoms with Crippen LogP contribution in [0.25, 0.3) is 0 Å². The molecular formula is C17H27NO2. The Morgan fingerprint density at radius 2 is 1.90 bits per heavy atom. The summed E-state index contributed by atoms with van der Waals surface area (Å²) in [6.07, 6.45) is 3.65. The van der Waals surface area contributed by atoms with Crippen molar-refractivity contribution in [1.82, 2.24) is 5.32 Å². The van der Waals surface area contributed by atoms with Gasteiger partial charge in [-0.15, -0.1) is 0 Å². The third-order valence-electron chi connectivity index (χ3n) is 4.44. The van der Waals surface area contributed by atoms with Crippen LogP contribution in [0.3, 0.4) is 0 Å². The highest BCUT2D eigenvalue weighted by Crippen LogP contribution is 2.42. The molecule has 0 spiro atoms. The summed E-state index contributed by atoms with van der Waals surface area (Å²) < 4.78 is 10.8. The Kier molecular flexibility index (Phi) is 5.30. The average Bonchev–Trinajstić information content (AvgIpc) is 2.78. The van der Waals surface area contributed by atoms with Crippen LogP contribution in [-0.2, 0) is 6.42 Å². The van der Waals surface area contributed by atoms with Crippen LogP contribution in [0.2, 0.25) is 0 Å². The summed E-state index contributed by atoms with van der Waals surface area (Å²) >= 11 is 0. The van der Waals surface area contributed by atoms with E-state index < -0.39 is 0 Å². The van der Waals surface area contributed by atoms with Crippen LogP contribution < -0.4 is 14.8 Å². The summed E-state index contributed by atoms with van der Waals surface area (Å²) in [5.74, 6) is 2.95. The first kappa shape index (κ1) is 15.2. The van der Waals surface area contributed by atoms with Gasteiger partial charge in [-0.1, -0.05) is 20.3 Å². The SMILES string of the molecule is CCCCNC[C@@H]1Cc2cc(OC)c(OC)cc2[C@H]1C. The van der Waals surface area contributed by atoms with E-state index in [4.69, 9.17) is 9.47 Å². The molecule has 2 rings (SSSR count). The summed E-state index contributed by atoms with van der Waals surface area (Å²) in [6, 6.07) is 4.31. The van der Waals surface area contributed by atoms with Crippen molar-refractivity contribution in [3.05, 3.63) is 23.3 Å². The summed E-state index contributed by atoms with van der Waals surface area (Å²) in [4.78, 5) is 0. The fourth-order valence-corrected chi connectivity index (χ4v) is 3.09. The molecule has 1 aliphatic rings. The van der Waals surface area contributed by atoms with Gasteiger partial charge in [0, 0.05) is 0 Å². The molecule has 2 atom stereocenters. The van der Waals surface area contributed by atoms with E-state index >= 15 is 0 Å². The first-order valence-corrected chi connectivity index (χ1v) is 7.66. The molecule has 1 aliphatic carbocycles. The quantitative estimate of drug-likeness (QED) is 0.775. The van der Waals surface area contributed by atoms with E-state index in [0.717, 1.165) is 31.0 Å². The molecule has 0 bridgehead atoms. The lowest BCUT2D eigenvalue weighted by Crippen LogP contribution is -2.25.